The molecule has 0 aromatic heterocycles. The number of amides is 2. The maximum absolute atomic E-state index is 13.5. The summed E-state index contributed by atoms with van der Waals surface area (Å²) < 4.78 is 6.01. The monoisotopic (exact) mass is 488 g/mol. The Kier molecular flexibility index (Phi) is 6.86. The molecule has 5 heteroatoms. The second kappa shape index (κ2) is 10.5. The van der Waals surface area contributed by atoms with E-state index in [4.69, 9.17) is 4.74 Å². The van der Waals surface area contributed by atoms with Crippen LogP contribution in [0, 0.1) is 6.92 Å². The highest BCUT2D eigenvalue weighted by atomic mass is 16.5. The molecule has 5 nitrogen and oxygen atoms in total. The van der Waals surface area contributed by atoms with Gasteiger partial charge >= 0.3 is 0 Å². The predicted molar refractivity (Wildman–Crippen MR) is 146 cm³/mol. The number of anilines is 1. The van der Waals surface area contributed by atoms with E-state index in [0.29, 0.717) is 17.9 Å². The smallest absolute Gasteiger partial charge is 0.294 e. The topological polar surface area (TPSA) is 58.6 Å². The third kappa shape index (κ3) is 5.46. The van der Waals surface area contributed by atoms with Gasteiger partial charge in [0.1, 0.15) is 0 Å². The molecule has 184 valence electrons. The molecule has 1 aliphatic heterocycles. The summed E-state index contributed by atoms with van der Waals surface area (Å²) in [6.07, 6.45) is 1.72. The molecule has 0 saturated heterocycles. The lowest BCUT2D eigenvalue weighted by Gasteiger charge is -2.30. The minimum absolute atomic E-state index is 0.108. The van der Waals surface area contributed by atoms with Gasteiger partial charge in [-0.05, 0) is 60.9 Å². The number of para-hydroxylation sites is 2. The van der Waals surface area contributed by atoms with E-state index in [1.165, 1.54) is 0 Å². The van der Waals surface area contributed by atoms with Crippen molar-refractivity contribution in [1.29, 1.82) is 0 Å². The van der Waals surface area contributed by atoms with Gasteiger partial charge < -0.3 is 10.1 Å². The minimum atomic E-state index is -0.210. The number of hydrogen-bond donors (Lipinski definition) is 1. The quantitative estimate of drug-likeness (QED) is 0.317. The highest BCUT2D eigenvalue weighted by Crippen LogP contribution is 2.36. The van der Waals surface area contributed by atoms with Crippen molar-refractivity contribution in [2.45, 2.75) is 26.4 Å². The Bertz CT molecular complexity index is 1460. The number of hydrogen-bond acceptors (Lipinski definition) is 3. The molecule has 0 saturated carbocycles. The first kappa shape index (κ1) is 24.1. The summed E-state index contributed by atoms with van der Waals surface area (Å²) in [6.45, 7) is 4.44. The van der Waals surface area contributed by atoms with E-state index in [9.17, 15) is 9.59 Å². The Hall–Kier alpha value is -4.64. The van der Waals surface area contributed by atoms with E-state index in [-0.39, 0.29) is 23.6 Å². The van der Waals surface area contributed by atoms with Crippen LogP contribution in [0.5, 0.6) is 5.75 Å². The molecular weight excluding hydrogens is 460 g/mol. The number of rotatable bonds is 6. The van der Waals surface area contributed by atoms with Gasteiger partial charge in [0.05, 0.1) is 18.3 Å². The Labute approximate surface area is 217 Å². The fraction of sp³-hybridized carbons (Fsp3) is 0.125. The summed E-state index contributed by atoms with van der Waals surface area (Å²) in [5, 5.41) is 3.02. The number of aryl methyl sites for hydroxylation is 1. The zero-order valence-corrected chi connectivity index (χ0v) is 20.8. The molecule has 0 spiro atoms. The van der Waals surface area contributed by atoms with Crippen molar-refractivity contribution in [3.63, 3.8) is 0 Å². The average molecular weight is 489 g/mol. The fourth-order valence-electron chi connectivity index (χ4n) is 4.40. The Morgan fingerprint density at radius 1 is 0.919 bits per heavy atom. The molecule has 0 bridgehead atoms. The van der Waals surface area contributed by atoms with Gasteiger partial charge in [-0.1, -0.05) is 84.4 Å². The van der Waals surface area contributed by atoms with Gasteiger partial charge in [0.2, 0.25) is 0 Å². The zero-order valence-electron chi connectivity index (χ0n) is 20.8. The molecule has 37 heavy (non-hydrogen) atoms. The van der Waals surface area contributed by atoms with Crippen LogP contribution in [-0.4, -0.2) is 11.8 Å². The van der Waals surface area contributed by atoms with Crippen molar-refractivity contribution in [2.24, 2.45) is 0 Å². The Balaban J connectivity index is 1.35. The van der Waals surface area contributed by atoms with Crippen LogP contribution >= 0.6 is 0 Å². The standard InChI is InChI=1S/C32H28N2O3/c1-22-9-8-10-25(19-22)21-34-28-13-6-7-14-29(28)37-30(32(34)36)20-24-15-17-27(18-16-24)31(35)33-23(2)26-11-4-3-5-12-26/h3-20,23H,21H2,1-2H3,(H,33,35)/b30-20+/t23-/m1/s1. The third-order valence-corrected chi connectivity index (χ3v) is 6.37. The predicted octanol–water partition coefficient (Wildman–Crippen LogP) is 6.45. The number of ether oxygens (including phenoxy) is 1. The summed E-state index contributed by atoms with van der Waals surface area (Å²) in [7, 11) is 0. The fourth-order valence-corrected chi connectivity index (χ4v) is 4.40. The first-order valence-electron chi connectivity index (χ1n) is 12.3. The van der Waals surface area contributed by atoms with Crippen molar-refractivity contribution >= 4 is 23.6 Å². The maximum Gasteiger partial charge on any atom is 0.294 e. The highest BCUT2D eigenvalue weighted by molar-refractivity contribution is 6.09. The second-order valence-corrected chi connectivity index (χ2v) is 9.19. The number of carbonyl (C=O) groups excluding carboxylic acids is 2. The molecule has 5 rings (SSSR count). The summed E-state index contributed by atoms with van der Waals surface area (Å²) in [6, 6.07) is 32.5. The molecule has 1 atom stereocenters. The summed E-state index contributed by atoms with van der Waals surface area (Å²) >= 11 is 0. The molecule has 2 amide bonds. The van der Waals surface area contributed by atoms with Crippen molar-refractivity contribution in [3.05, 3.63) is 137 Å². The van der Waals surface area contributed by atoms with Crippen LogP contribution in [0.25, 0.3) is 6.08 Å². The molecule has 1 heterocycles. The van der Waals surface area contributed by atoms with Crippen molar-refractivity contribution in [1.82, 2.24) is 5.32 Å². The SMILES string of the molecule is Cc1cccc(CN2C(=O)/C(=C\c3ccc(C(=O)N[C@H](C)c4ccccc4)cc3)Oc3ccccc32)c1. The summed E-state index contributed by atoms with van der Waals surface area (Å²) in [4.78, 5) is 28.0. The summed E-state index contributed by atoms with van der Waals surface area (Å²) in [5.41, 5.74) is 5.29. The van der Waals surface area contributed by atoms with Gasteiger partial charge in [-0.15, -0.1) is 0 Å². The van der Waals surface area contributed by atoms with Crippen molar-refractivity contribution < 1.29 is 14.3 Å². The second-order valence-electron chi connectivity index (χ2n) is 9.19. The van der Waals surface area contributed by atoms with Crippen LogP contribution in [0.1, 0.15) is 45.6 Å². The molecule has 0 fully saturated rings. The number of nitrogens with zero attached hydrogens (tertiary/aromatic N) is 1. The molecule has 1 N–H and O–H groups in total. The highest BCUT2D eigenvalue weighted by Gasteiger charge is 2.30. The van der Waals surface area contributed by atoms with Gasteiger partial charge in [0, 0.05) is 5.56 Å². The van der Waals surface area contributed by atoms with E-state index in [0.717, 1.165) is 27.9 Å². The van der Waals surface area contributed by atoms with E-state index in [2.05, 4.69) is 11.4 Å². The Morgan fingerprint density at radius 2 is 1.65 bits per heavy atom. The van der Waals surface area contributed by atoms with Crippen LogP contribution < -0.4 is 15.0 Å². The minimum Gasteiger partial charge on any atom is -0.449 e. The molecule has 4 aromatic carbocycles. The summed E-state index contributed by atoms with van der Waals surface area (Å²) in [5.74, 6) is 0.505. The lowest BCUT2D eigenvalue weighted by atomic mass is 10.1. The first-order valence-corrected chi connectivity index (χ1v) is 12.3. The number of fused-ring (bicyclic) bond motifs is 1. The van der Waals surface area contributed by atoms with Crippen LogP contribution in [0.3, 0.4) is 0 Å². The molecule has 0 radical (unpaired) electrons. The number of carbonyl (C=O) groups is 2. The molecule has 0 aliphatic carbocycles. The molecule has 0 unspecified atom stereocenters. The van der Waals surface area contributed by atoms with E-state index in [1.54, 1.807) is 23.1 Å². The largest absolute Gasteiger partial charge is 0.449 e. The molecule has 4 aromatic rings. The molecule has 1 aliphatic rings. The lowest BCUT2D eigenvalue weighted by Crippen LogP contribution is -2.36. The van der Waals surface area contributed by atoms with Crippen LogP contribution in [0.2, 0.25) is 0 Å². The van der Waals surface area contributed by atoms with Crippen molar-refractivity contribution in [2.75, 3.05) is 4.90 Å². The average Bonchev–Trinajstić information content (AvgIpc) is 2.92. The van der Waals surface area contributed by atoms with Crippen LogP contribution in [0.15, 0.2) is 109 Å². The van der Waals surface area contributed by atoms with Gasteiger partial charge in [0.15, 0.2) is 11.5 Å². The van der Waals surface area contributed by atoms with Crippen LogP contribution in [-0.2, 0) is 11.3 Å². The zero-order chi connectivity index (χ0) is 25.8. The lowest BCUT2D eigenvalue weighted by molar-refractivity contribution is -0.117. The van der Waals surface area contributed by atoms with E-state index < -0.39 is 0 Å². The van der Waals surface area contributed by atoms with E-state index in [1.807, 2.05) is 98.8 Å². The first-order chi connectivity index (χ1) is 18.0. The number of nitrogens with one attached hydrogen (secondary N) is 1. The van der Waals surface area contributed by atoms with Crippen molar-refractivity contribution in [3.8, 4) is 5.75 Å². The van der Waals surface area contributed by atoms with Gasteiger partial charge in [-0.25, -0.2) is 0 Å². The van der Waals surface area contributed by atoms with E-state index >= 15 is 0 Å². The Morgan fingerprint density at radius 3 is 2.41 bits per heavy atom. The third-order valence-electron chi connectivity index (χ3n) is 6.37. The molecular formula is C32H28N2O3. The van der Waals surface area contributed by atoms with Gasteiger partial charge in [0.25, 0.3) is 11.8 Å². The number of benzene rings is 4. The van der Waals surface area contributed by atoms with Gasteiger partial charge in [-0.2, -0.15) is 0 Å². The normalized spacial score (nSPS) is 14.6. The maximum atomic E-state index is 13.5. The van der Waals surface area contributed by atoms with Gasteiger partial charge in [-0.3, -0.25) is 14.5 Å². The van der Waals surface area contributed by atoms with Crippen LogP contribution in [0.4, 0.5) is 5.69 Å².